The van der Waals surface area contributed by atoms with Gasteiger partial charge >= 0.3 is 6.18 Å². The molecule has 2 aromatic rings. The number of anilines is 1. The SMILES string of the molecule is CN1C(N)=NC(C)(c2cc(NC(c3cccs3)C(F)(F)F)ccc2F)CS1(=O)=O. The first kappa shape index (κ1) is 21.4. The second-order valence-electron chi connectivity index (χ2n) is 6.80. The first-order valence-electron chi connectivity index (χ1n) is 8.32. The topological polar surface area (TPSA) is 87.8 Å². The van der Waals surface area contributed by atoms with Crippen LogP contribution in [-0.4, -0.2) is 37.7 Å². The molecule has 6 nitrogen and oxygen atoms in total. The van der Waals surface area contributed by atoms with E-state index in [1.807, 2.05) is 0 Å². The molecule has 3 N–H and O–H groups in total. The highest BCUT2D eigenvalue weighted by atomic mass is 32.2. The van der Waals surface area contributed by atoms with Crippen LogP contribution in [0.5, 0.6) is 0 Å². The zero-order valence-electron chi connectivity index (χ0n) is 15.4. The second kappa shape index (κ2) is 7.17. The molecule has 0 saturated carbocycles. The van der Waals surface area contributed by atoms with E-state index in [9.17, 15) is 26.0 Å². The highest BCUT2D eigenvalue weighted by molar-refractivity contribution is 7.89. The number of nitrogens with two attached hydrogens (primary N) is 1. The molecule has 2 atom stereocenters. The minimum Gasteiger partial charge on any atom is -0.370 e. The van der Waals surface area contributed by atoms with Crippen molar-refractivity contribution in [2.24, 2.45) is 10.7 Å². The van der Waals surface area contributed by atoms with Gasteiger partial charge in [-0.1, -0.05) is 6.07 Å². The third-order valence-corrected chi connectivity index (χ3v) is 7.46. The maximum absolute atomic E-state index is 14.6. The molecule has 0 radical (unpaired) electrons. The summed E-state index contributed by atoms with van der Waals surface area (Å²) in [5.74, 6) is -1.71. The van der Waals surface area contributed by atoms with E-state index in [1.54, 1.807) is 0 Å². The van der Waals surface area contributed by atoms with Crippen molar-refractivity contribution in [3.05, 3.63) is 52.0 Å². The number of nitrogens with zero attached hydrogens (tertiary/aromatic N) is 2. The van der Waals surface area contributed by atoms with Crippen LogP contribution in [0.25, 0.3) is 0 Å². The van der Waals surface area contributed by atoms with Crippen LogP contribution in [0.1, 0.15) is 23.4 Å². The van der Waals surface area contributed by atoms with Gasteiger partial charge in [-0.05, 0) is 36.6 Å². The lowest BCUT2D eigenvalue weighted by molar-refractivity contribution is -0.143. The van der Waals surface area contributed by atoms with E-state index in [2.05, 4.69) is 10.3 Å². The summed E-state index contributed by atoms with van der Waals surface area (Å²) in [6.45, 7) is 1.37. The Morgan fingerprint density at radius 2 is 2.03 bits per heavy atom. The van der Waals surface area contributed by atoms with Crippen LogP contribution in [0.2, 0.25) is 0 Å². The molecular weight excluding hydrogens is 432 g/mol. The molecule has 1 aliphatic heterocycles. The van der Waals surface area contributed by atoms with Crippen LogP contribution in [0.3, 0.4) is 0 Å². The Balaban J connectivity index is 2.03. The molecule has 29 heavy (non-hydrogen) atoms. The maximum Gasteiger partial charge on any atom is 0.413 e. The molecule has 0 saturated heterocycles. The number of alkyl halides is 3. The molecule has 3 rings (SSSR count). The van der Waals surface area contributed by atoms with Gasteiger partial charge in [-0.15, -0.1) is 11.3 Å². The van der Waals surface area contributed by atoms with Crippen LogP contribution >= 0.6 is 11.3 Å². The van der Waals surface area contributed by atoms with E-state index in [4.69, 9.17) is 5.73 Å². The van der Waals surface area contributed by atoms with Crippen molar-refractivity contribution >= 4 is 33.0 Å². The second-order valence-corrected chi connectivity index (χ2v) is 9.78. The average molecular weight is 450 g/mol. The van der Waals surface area contributed by atoms with Gasteiger partial charge in [0.25, 0.3) is 0 Å². The Kier molecular flexibility index (Phi) is 5.28. The van der Waals surface area contributed by atoms with Gasteiger partial charge in [0.2, 0.25) is 16.0 Å². The Labute approximate surface area is 169 Å². The summed E-state index contributed by atoms with van der Waals surface area (Å²) in [4.78, 5) is 4.13. The van der Waals surface area contributed by atoms with Crippen molar-refractivity contribution in [2.75, 3.05) is 18.1 Å². The van der Waals surface area contributed by atoms with Crippen molar-refractivity contribution in [2.45, 2.75) is 24.7 Å². The smallest absolute Gasteiger partial charge is 0.370 e. The van der Waals surface area contributed by atoms with Crippen molar-refractivity contribution < 1.29 is 26.0 Å². The van der Waals surface area contributed by atoms with Crippen molar-refractivity contribution in [1.29, 1.82) is 0 Å². The predicted octanol–water partition coefficient (Wildman–Crippen LogP) is 3.41. The fourth-order valence-electron chi connectivity index (χ4n) is 3.05. The number of sulfonamides is 1. The molecule has 0 fully saturated rings. The highest BCUT2D eigenvalue weighted by Crippen LogP contribution is 2.39. The van der Waals surface area contributed by atoms with E-state index in [-0.39, 0.29) is 22.1 Å². The van der Waals surface area contributed by atoms with Crippen LogP contribution in [0.15, 0.2) is 40.7 Å². The molecule has 1 aliphatic rings. The summed E-state index contributed by atoms with van der Waals surface area (Å²) in [6.07, 6.45) is -4.59. The Hall–Kier alpha value is -2.34. The van der Waals surface area contributed by atoms with E-state index >= 15 is 0 Å². The molecule has 2 heterocycles. The number of thiophene rings is 1. The first-order valence-corrected chi connectivity index (χ1v) is 10.8. The zero-order chi connectivity index (χ0) is 21.6. The number of hydrogen-bond donors (Lipinski definition) is 2. The Bertz CT molecular complexity index is 1040. The fraction of sp³-hybridized carbons (Fsp3) is 0.353. The molecule has 12 heteroatoms. The summed E-state index contributed by atoms with van der Waals surface area (Å²) >= 11 is 0.932. The summed E-state index contributed by atoms with van der Waals surface area (Å²) in [6, 6.07) is 4.11. The van der Waals surface area contributed by atoms with Gasteiger partial charge in [0.1, 0.15) is 11.4 Å². The monoisotopic (exact) mass is 450 g/mol. The van der Waals surface area contributed by atoms with Crippen LogP contribution in [0, 0.1) is 5.82 Å². The largest absolute Gasteiger partial charge is 0.413 e. The first-order chi connectivity index (χ1) is 13.3. The Morgan fingerprint density at radius 1 is 1.34 bits per heavy atom. The number of nitrogens with one attached hydrogen (secondary N) is 1. The van der Waals surface area contributed by atoms with Gasteiger partial charge in [0.05, 0.1) is 5.75 Å². The number of aliphatic imine (C=N–C) groups is 1. The zero-order valence-corrected chi connectivity index (χ0v) is 17.0. The van der Waals surface area contributed by atoms with Crippen molar-refractivity contribution in [3.63, 3.8) is 0 Å². The van der Waals surface area contributed by atoms with Gasteiger partial charge in [0, 0.05) is 23.2 Å². The number of hydrogen-bond acceptors (Lipinski definition) is 6. The third-order valence-electron chi connectivity index (χ3n) is 4.58. The van der Waals surface area contributed by atoms with Crippen LogP contribution in [-0.2, 0) is 15.6 Å². The van der Waals surface area contributed by atoms with E-state index in [0.717, 1.165) is 33.8 Å². The van der Waals surface area contributed by atoms with Crippen molar-refractivity contribution in [3.8, 4) is 0 Å². The lowest BCUT2D eigenvalue weighted by Gasteiger charge is -2.35. The highest BCUT2D eigenvalue weighted by Gasteiger charge is 2.43. The summed E-state index contributed by atoms with van der Waals surface area (Å²) in [5, 5.41) is 3.89. The third kappa shape index (κ3) is 4.17. The lowest BCUT2D eigenvalue weighted by atomic mass is 9.93. The minimum absolute atomic E-state index is 0.0246. The van der Waals surface area contributed by atoms with Gasteiger partial charge < -0.3 is 11.1 Å². The summed E-state index contributed by atoms with van der Waals surface area (Å²) < 4.78 is 80.5. The van der Waals surface area contributed by atoms with Gasteiger partial charge in [-0.3, -0.25) is 0 Å². The molecule has 0 amide bonds. The minimum atomic E-state index is -4.59. The predicted molar refractivity (Wildman–Crippen MR) is 104 cm³/mol. The molecule has 2 unspecified atom stereocenters. The van der Waals surface area contributed by atoms with Crippen LogP contribution < -0.4 is 11.1 Å². The van der Waals surface area contributed by atoms with Gasteiger partial charge in [-0.2, -0.15) is 13.2 Å². The van der Waals surface area contributed by atoms with Crippen LogP contribution in [0.4, 0.5) is 23.2 Å². The van der Waals surface area contributed by atoms with E-state index in [1.165, 1.54) is 31.5 Å². The molecule has 0 bridgehead atoms. The number of halogens is 4. The molecule has 1 aromatic carbocycles. The summed E-state index contributed by atoms with van der Waals surface area (Å²) in [7, 11) is -2.65. The number of rotatable bonds is 4. The molecular formula is C17H18F4N4O2S2. The van der Waals surface area contributed by atoms with Gasteiger partial charge in [-0.25, -0.2) is 22.1 Å². The van der Waals surface area contributed by atoms with E-state index in [0.29, 0.717) is 0 Å². The molecule has 158 valence electrons. The fourth-order valence-corrected chi connectivity index (χ4v) is 5.30. The summed E-state index contributed by atoms with van der Waals surface area (Å²) in [5.41, 5.74) is 3.88. The Morgan fingerprint density at radius 3 is 2.59 bits per heavy atom. The van der Waals surface area contributed by atoms with E-state index < -0.39 is 39.4 Å². The maximum atomic E-state index is 14.6. The number of guanidine groups is 1. The van der Waals surface area contributed by atoms with Crippen molar-refractivity contribution in [1.82, 2.24) is 4.31 Å². The lowest BCUT2D eigenvalue weighted by Crippen LogP contribution is -2.50. The quantitative estimate of drug-likeness (QED) is 0.699. The molecule has 1 aromatic heterocycles. The molecule has 0 aliphatic carbocycles. The average Bonchev–Trinajstić information content (AvgIpc) is 3.11. The van der Waals surface area contributed by atoms with Gasteiger partial charge in [0.15, 0.2) is 6.04 Å². The normalized spacial score (nSPS) is 22.8. The number of benzene rings is 1. The molecule has 0 spiro atoms. The standard InChI is InChI=1S/C17H18F4N4O2S2/c1-16(9-29(26,27)25(2)15(22)24-16)11-8-10(5-6-12(11)18)23-14(17(19,20)21)13-4-3-7-28-13/h3-8,14,23H,9H2,1-2H3,(H2,22,24).